The second-order valence-electron chi connectivity index (χ2n) is 5.53. The van der Waals surface area contributed by atoms with Crippen molar-refractivity contribution in [2.45, 2.75) is 32.2 Å². The molecule has 5 heteroatoms. The van der Waals surface area contributed by atoms with E-state index in [2.05, 4.69) is 27.4 Å². The third kappa shape index (κ3) is 2.65. The zero-order chi connectivity index (χ0) is 14.1. The van der Waals surface area contributed by atoms with Crippen LogP contribution < -0.4 is 0 Å². The van der Waals surface area contributed by atoms with E-state index in [0.29, 0.717) is 6.04 Å². The molecule has 0 spiro atoms. The Morgan fingerprint density at radius 3 is 2.80 bits per heavy atom. The number of nitrogens with one attached hydrogen (secondary N) is 1. The van der Waals surface area contributed by atoms with E-state index in [1.54, 1.807) is 0 Å². The molecule has 0 amide bonds. The third-order valence-electron chi connectivity index (χ3n) is 4.14. The van der Waals surface area contributed by atoms with Crippen LogP contribution in [0.2, 0.25) is 5.02 Å². The number of piperidine rings is 1. The molecule has 3 rings (SSSR count). The topological polar surface area (TPSA) is 24.0 Å². The van der Waals surface area contributed by atoms with E-state index in [1.165, 1.54) is 44.4 Å². The van der Waals surface area contributed by atoms with Crippen LogP contribution >= 0.6 is 23.8 Å². The molecule has 1 aromatic carbocycles. The molecular weight excluding hydrogens is 290 g/mol. The molecule has 2 aromatic rings. The van der Waals surface area contributed by atoms with Gasteiger partial charge in [0.1, 0.15) is 0 Å². The van der Waals surface area contributed by atoms with E-state index in [4.69, 9.17) is 23.8 Å². The number of rotatable bonds is 3. The second-order valence-corrected chi connectivity index (χ2v) is 6.36. The molecule has 3 nitrogen and oxygen atoms in total. The maximum atomic E-state index is 6.05. The van der Waals surface area contributed by atoms with Crippen molar-refractivity contribution in [1.82, 2.24) is 14.5 Å². The normalized spacial score (nSPS) is 17.9. The number of halogens is 1. The van der Waals surface area contributed by atoms with E-state index in [1.807, 2.05) is 12.1 Å². The first-order valence-electron chi connectivity index (χ1n) is 7.31. The van der Waals surface area contributed by atoms with Crippen LogP contribution in [0.4, 0.5) is 0 Å². The van der Waals surface area contributed by atoms with Crippen molar-refractivity contribution in [1.29, 1.82) is 0 Å². The molecule has 1 N–H and O–H groups in total. The number of nitrogens with zero attached hydrogens (tertiary/aromatic N) is 2. The molecule has 1 aromatic heterocycles. The van der Waals surface area contributed by atoms with Crippen molar-refractivity contribution in [2.75, 3.05) is 19.6 Å². The summed E-state index contributed by atoms with van der Waals surface area (Å²) >= 11 is 11.6. The van der Waals surface area contributed by atoms with Gasteiger partial charge in [0.15, 0.2) is 4.77 Å². The summed E-state index contributed by atoms with van der Waals surface area (Å²) in [5.41, 5.74) is 2.21. The predicted octanol–water partition coefficient (Wildman–Crippen LogP) is 4.40. The van der Waals surface area contributed by atoms with Crippen LogP contribution in [0.25, 0.3) is 11.0 Å². The fraction of sp³-hybridized carbons (Fsp3) is 0.533. The molecule has 20 heavy (non-hydrogen) atoms. The predicted molar refractivity (Wildman–Crippen MR) is 87.1 cm³/mol. The molecule has 0 saturated carbocycles. The Morgan fingerprint density at radius 1 is 1.35 bits per heavy atom. The molecule has 2 heterocycles. The third-order valence-corrected chi connectivity index (χ3v) is 4.67. The Hall–Kier alpha value is -0.840. The van der Waals surface area contributed by atoms with Gasteiger partial charge >= 0.3 is 0 Å². The molecule has 0 radical (unpaired) electrons. The van der Waals surface area contributed by atoms with Gasteiger partial charge < -0.3 is 14.5 Å². The quantitative estimate of drug-likeness (QED) is 0.850. The van der Waals surface area contributed by atoms with Gasteiger partial charge in [-0.05, 0) is 56.2 Å². The van der Waals surface area contributed by atoms with Crippen molar-refractivity contribution in [2.24, 2.45) is 0 Å². The van der Waals surface area contributed by atoms with Gasteiger partial charge in [0.2, 0.25) is 0 Å². The van der Waals surface area contributed by atoms with Crippen LogP contribution in [0.5, 0.6) is 0 Å². The molecular formula is C15H20ClN3S. The fourth-order valence-corrected chi connectivity index (χ4v) is 3.71. The Labute approximate surface area is 129 Å². The molecule has 1 saturated heterocycles. The minimum Gasteiger partial charge on any atom is -0.331 e. The zero-order valence-electron chi connectivity index (χ0n) is 11.7. The molecule has 0 atom stereocenters. The minimum absolute atomic E-state index is 0.505. The Bertz CT molecular complexity index is 653. The summed E-state index contributed by atoms with van der Waals surface area (Å²) in [4.78, 5) is 5.83. The Morgan fingerprint density at radius 2 is 2.10 bits per heavy atom. The van der Waals surface area contributed by atoms with Crippen LogP contribution in [0, 0.1) is 4.77 Å². The van der Waals surface area contributed by atoms with Crippen molar-refractivity contribution in [3.8, 4) is 0 Å². The minimum atomic E-state index is 0.505. The molecule has 0 aliphatic carbocycles. The monoisotopic (exact) mass is 309 g/mol. The lowest BCUT2D eigenvalue weighted by atomic mass is 10.0. The van der Waals surface area contributed by atoms with Gasteiger partial charge in [0, 0.05) is 24.2 Å². The summed E-state index contributed by atoms with van der Waals surface area (Å²) < 4.78 is 3.10. The van der Waals surface area contributed by atoms with Crippen LogP contribution in [0.1, 0.15) is 32.2 Å². The second kappa shape index (κ2) is 5.88. The summed E-state index contributed by atoms with van der Waals surface area (Å²) in [5.74, 6) is 0. The van der Waals surface area contributed by atoms with Crippen molar-refractivity contribution in [3.05, 3.63) is 28.0 Å². The van der Waals surface area contributed by atoms with Crippen molar-refractivity contribution < 1.29 is 0 Å². The van der Waals surface area contributed by atoms with Gasteiger partial charge in [-0.2, -0.15) is 0 Å². The van der Waals surface area contributed by atoms with Crippen LogP contribution in [0.15, 0.2) is 18.2 Å². The lowest BCUT2D eigenvalue weighted by molar-refractivity contribution is 0.188. The van der Waals surface area contributed by atoms with Gasteiger partial charge in [-0.3, -0.25) is 0 Å². The number of fused-ring (bicyclic) bond motifs is 1. The first-order valence-corrected chi connectivity index (χ1v) is 8.10. The fourth-order valence-electron chi connectivity index (χ4n) is 3.18. The van der Waals surface area contributed by atoms with E-state index in [0.717, 1.165) is 15.3 Å². The Kier molecular flexibility index (Phi) is 4.15. The average Bonchev–Trinajstić information content (AvgIpc) is 2.75. The van der Waals surface area contributed by atoms with E-state index in [-0.39, 0.29) is 0 Å². The maximum absolute atomic E-state index is 6.05. The van der Waals surface area contributed by atoms with Gasteiger partial charge in [-0.25, -0.2) is 0 Å². The summed E-state index contributed by atoms with van der Waals surface area (Å²) in [7, 11) is 0. The summed E-state index contributed by atoms with van der Waals surface area (Å²) in [6.45, 7) is 5.79. The number of imidazole rings is 1. The lowest BCUT2D eigenvalue weighted by Gasteiger charge is -2.32. The van der Waals surface area contributed by atoms with E-state index in [9.17, 15) is 0 Å². The van der Waals surface area contributed by atoms with Crippen LogP contribution in [0.3, 0.4) is 0 Å². The number of aromatic amines is 1. The van der Waals surface area contributed by atoms with Crippen LogP contribution in [-0.4, -0.2) is 34.1 Å². The molecule has 108 valence electrons. The smallest absolute Gasteiger partial charge is 0.178 e. The first-order chi connectivity index (χ1) is 9.69. The Balaban J connectivity index is 1.88. The largest absolute Gasteiger partial charge is 0.331 e. The van der Waals surface area contributed by atoms with Gasteiger partial charge in [0.25, 0.3) is 0 Å². The molecule has 1 aliphatic rings. The molecule has 1 fully saturated rings. The maximum Gasteiger partial charge on any atom is 0.178 e. The number of H-pyrrole nitrogens is 1. The number of likely N-dealkylation sites (tertiary alicyclic amines) is 1. The lowest BCUT2D eigenvalue weighted by Crippen LogP contribution is -2.35. The SMILES string of the molecule is CCCN1CCC(n2c(=S)[nH]c3cc(Cl)ccc32)CC1. The number of hydrogen-bond donors (Lipinski definition) is 1. The molecule has 1 aliphatic heterocycles. The summed E-state index contributed by atoms with van der Waals surface area (Å²) in [6.07, 6.45) is 3.57. The van der Waals surface area contributed by atoms with Gasteiger partial charge in [-0.15, -0.1) is 0 Å². The number of aromatic nitrogens is 2. The zero-order valence-corrected chi connectivity index (χ0v) is 13.3. The van der Waals surface area contributed by atoms with Gasteiger partial charge in [-0.1, -0.05) is 18.5 Å². The first kappa shape index (κ1) is 14.1. The number of hydrogen-bond acceptors (Lipinski definition) is 2. The van der Waals surface area contributed by atoms with Crippen LogP contribution in [-0.2, 0) is 0 Å². The summed E-state index contributed by atoms with van der Waals surface area (Å²) in [6, 6.07) is 6.47. The highest BCUT2D eigenvalue weighted by atomic mass is 35.5. The highest BCUT2D eigenvalue weighted by Gasteiger charge is 2.22. The molecule has 0 unspecified atom stereocenters. The van der Waals surface area contributed by atoms with Crippen molar-refractivity contribution >= 4 is 34.9 Å². The van der Waals surface area contributed by atoms with E-state index < -0.39 is 0 Å². The average molecular weight is 310 g/mol. The number of benzene rings is 1. The van der Waals surface area contributed by atoms with E-state index >= 15 is 0 Å². The van der Waals surface area contributed by atoms with Gasteiger partial charge in [0.05, 0.1) is 11.0 Å². The summed E-state index contributed by atoms with van der Waals surface area (Å²) in [5, 5.41) is 0.749. The molecule has 0 bridgehead atoms. The highest BCUT2D eigenvalue weighted by molar-refractivity contribution is 7.71. The highest BCUT2D eigenvalue weighted by Crippen LogP contribution is 2.28. The standard InChI is InChI=1S/C15H20ClN3S/c1-2-7-18-8-5-12(6-9-18)19-14-4-3-11(16)10-13(14)17-15(19)20/h3-4,10,12H,2,5-9H2,1H3,(H,17,20). The van der Waals surface area contributed by atoms with Crippen molar-refractivity contribution in [3.63, 3.8) is 0 Å².